The molecule has 3 rings (SSSR count). The molecule has 0 aliphatic rings. The van der Waals surface area contributed by atoms with E-state index in [0.29, 0.717) is 34.3 Å². The zero-order chi connectivity index (χ0) is 20.6. The van der Waals surface area contributed by atoms with Crippen molar-refractivity contribution < 1.29 is 18.7 Å². The average Bonchev–Trinajstić information content (AvgIpc) is 2.74. The molecule has 0 aromatic heterocycles. The van der Waals surface area contributed by atoms with E-state index in [1.54, 1.807) is 37.4 Å². The van der Waals surface area contributed by atoms with Crippen LogP contribution < -0.4 is 14.9 Å². The third kappa shape index (κ3) is 5.80. The van der Waals surface area contributed by atoms with Crippen molar-refractivity contribution in [3.05, 3.63) is 94.3 Å². The zero-order valence-corrected chi connectivity index (χ0v) is 16.3. The average molecular weight is 413 g/mol. The predicted molar refractivity (Wildman–Crippen MR) is 110 cm³/mol. The van der Waals surface area contributed by atoms with E-state index >= 15 is 0 Å². The number of hydrogen-bond acceptors (Lipinski definition) is 4. The monoisotopic (exact) mass is 412 g/mol. The van der Waals surface area contributed by atoms with Gasteiger partial charge >= 0.3 is 0 Å². The summed E-state index contributed by atoms with van der Waals surface area (Å²) in [5.41, 5.74) is 4.39. The minimum Gasteiger partial charge on any atom is -0.493 e. The normalized spacial score (nSPS) is 10.7. The Hall–Kier alpha value is -3.38. The molecule has 0 spiro atoms. The molecule has 0 heterocycles. The Labute approximate surface area is 172 Å². The number of ether oxygens (including phenoxy) is 2. The van der Waals surface area contributed by atoms with Gasteiger partial charge in [0.15, 0.2) is 11.5 Å². The van der Waals surface area contributed by atoms with Crippen molar-refractivity contribution in [2.45, 2.75) is 6.61 Å². The lowest BCUT2D eigenvalue weighted by molar-refractivity contribution is 0.0955. The van der Waals surface area contributed by atoms with Gasteiger partial charge in [-0.1, -0.05) is 23.7 Å². The first kappa shape index (κ1) is 20.4. The number of hydrogen-bond donors (Lipinski definition) is 1. The first-order valence-electron chi connectivity index (χ1n) is 8.69. The molecule has 1 N–H and O–H groups in total. The molecule has 29 heavy (non-hydrogen) atoms. The molecule has 0 aliphatic heterocycles. The minimum atomic E-state index is -0.434. The number of nitrogens with one attached hydrogen (secondary N) is 1. The van der Waals surface area contributed by atoms with Gasteiger partial charge in [-0.25, -0.2) is 9.82 Å². The number of benzene rings is 3. The van der Waals surface area contributed by atoms with Crippen molar-refractivity contribution in [3.63, 3.8) is 0 Å². The number of amides is 1. The largest absolute Gasteiger partial charge is 0.493 e. The Morgan fingerprint density at radius 1 is 1.07 bits per heavy atom. The number of nitrogens with zero attached hydrogens (tertiary/aromatic N) is 1. The number of rotatable bonds is 7. The molecule has 1 amide bonds. The molecular weight excluding hydrogens is 395 g/mol. The summed E-state index contributed by atoms with van der Waals surface area (Å²) in [6, 6.07) is 17.9. The topological polar surface area (TPSA) is 59.9 Å². The van der Waals surface area contributed by atoms with E-state index in [1.165, 1.54) is 30.5 Å². The Kier molecular flexibility index (Phi) is 6.81. The summed E-state index contributed by atoms with van der Waals surface area (Å²) in [7, 11) is 1.54. The number of methoxy groups -OCH3 is 1. The zero-order valence-electron chi connectivity index (χ0n) is 15.6. The van der Waals surface area contributed by atoms with Crippen LogP contribution in [0.2, 0.25) is 5.02 Å². The summed E-state index contributed by atoms with van der Waals surface area (Å²) in [6.45, 7) is 0.370. The van der Waals surface area contributed by atoms with Crippen LogP contribution in [0.4, 0.5) is 4.39 Å². The standard InChI is InChI=1S/C22H18ClFN2O3/c1-28-21-12-16(13-25-26-22(27)17-5-9-19(24)10-6-17)4-11-20(21)29-14-15-2-7-18(23)8-3-15/h2-13H,14H2,1H3,(H,26,27)/b25-13+. The molecule has 3 aromatic carbocycles. The van der Waals surface area contributed by atoms with Crippen LogP contribution >= 0.6 is 11.6 Å². The fraction of sp³-hybridized carbons (Fsp3) is 0.0909. The Morgan fingerprint density at radius 2 is 1.79 bits per heavy atom. The Morgan fingerprint density at radius 3 is 2.48 bits per heavy atom. The summed E-state index contributed by atoms with van der Waals surface area (Å²) in [4.78, 5) is 12.0. The second-order valence-corrected chi connectivity index (χ2v) is 6.47. The van der Waals surface area contributed by atoms with Gasteiger partial charge in [-0.05, 0) is 65.7 Å². The molecular formula is C22H18ClFN2O3. The third-order valence-corrected chi connectivity index (χ3v) is 4.23. The van der Waals surface area contributed by atoms with Crippen molar-refractivity contribution in [3.8, 4) is 11.5 Å². The van der Waals surface area contributed by atoms with E-state index < -0.39 is 11.7 Å². The fourth-order valence-corrected chi connectivity index (χ4v) is 2.58. The highest BCUT2D eigenvalue weighted by molar-refractivity contribution is 6.30. The molecule has 7 heteroatoms. The smallest absolute Gasteiger partial charge is 0.271 e. The van der Waals surface area contributed by atoms with Crippen molar-refractivity contribution >= 4 is 23.7 Å². The van der Waals surface area contributed by atoms with Crippen LogP contribution in [0.1, 0.15) is 21.5 Å². The van der Waals surface area contributed by atoms with Gasteiger partial charge in [0.25, 0.3) is 5.91 Å². The van der Waals surface area contributed by atoms with Gasteiger partial charge in [0, 0.05) is 10.6 Å². The molecule has 0 atom stereocenters. The Balaban J connectivity index is 1.61. The Bertz CT molecular complexity index is 1010. The first-order valence-corrected chi connectivity index (χ1v) is 9.07. The van der Waals surface area contributed by atoms with Crippen LogP contribution in [0.3, 0.4) is 0 Å². The van der Waals surface area contributed by atoms with E-state index in [0.717, 1.165) is 5.56 Å². The minimum absolute atomic E-state index is 0.312. The van der Waals surface area contributed by atoms with Gasteiger partial charge in [-0.15, -0.1) is 0 Å². The van der Waals surface area contributed by atoms with E-state index in [4.69, 9.17) is 21.1 Å². The molecule has 0 aliphatic carbocycles. The van der Waals surface area contributed by atoms with Crippen molar-refractivity contribution in [2.75, 3.05) is 7.11 Å². The van der Waals surface area contributed by atoms with Crippen molar-refractivity contribution in [2.24, 2.45) is 5.10 Å². The maximum absolute atomic E-state index is 12.9. The van der Waals surface area contributed by atoms with Gasteiger partial charge in [0.1, 0.15) is 12.4 Å². The molecule has 0 saturated carbocycles. The van der Waals surface area contributed by atoms with Crippen LogP contribution in [0, 0.1) is 5.82 Å². The summed E-state index contributed by atoms with van der Waals surface area (Å²) >= 11 is 5.88. The van der Waals surface area contributed by atoms with Crippen LogP contribution in [-0.4, -0.2) is 19.2 Å². The molecule has 0 saturated heterocycles. The van der Waals surface area contributed by atoms with Crippen LogP contribution in [0.25, 0.3) is 0 Å². The fourth-order valence-electron chi connectivity index (χ4n) is 2.46. The van der Waals surface area contributed by atoms with Crippen molar-refractivity contribution in [1.29, 1.82) is 0 Å². The molecule has 0 radical (unpaired) electrons. The molecule has 3 aromatic rings. The lowest BCUT2D eigenvalue weighted by Gasteiger charge is -2.11. The highest BCUT2D eigenvalue weighted by Crippen LogP contribution is 2.28. The maximum atomic E-state index is 12.9. The maximum Gasteiger partial charge on any atom is 0.271 e. The summed E-state index contributed by atoms with van der Waals surface area (Å²) < 4.78 is 24.1. The number of hydrazone groups is 1. The second-order valence-electron chi connectivity index (χ2n) is 6.03. The van der Waals surface area contributed by atoms with Gasteiger partial charge in [0.2, 0.25) is 0 Å². The number of carbonyl (C=O) groups is 1. The lowest BCUT2D eigenvalue weighted by Crippen LogP contribution is -2.17. The molecule has 5 nitrogen and oxygen atoms in total. The quantitative estimate of drug-likeness (QED) is 0.446. The summed E-state index contributed by atoms with van der Waals surface area (Å²) in [5.74, 6) is 0.273. The molecule has 148 valence electrons. The lowest BCUT2D eigenvalue weighted by atomic mass is 10.2. The van der Waals surface area contributed by atoms with Gasteiger partial charge in [-0.3, -0.25) is 4.79 Å². The number of carbonyl (C=O) groups excluding carboxylic acids is 1. The van der Waals surface area contributed by atoms with Crippen LogP contribution in [0.5, 0.6) is 11.5 Å². The van der Waals surface area contributed by atoms with E-state index in [2.05, 4.69) is 10.5 Å². The SMILES string of the molecule is COc1cc(/C=N/NC(=O)c2ccc(F)cc2)ccc1OCc1ccc(Cl)cc1. The summed E-state index contributed by atoms with van der Waals surface area (Å²) in [5, 5.41) is 4.59. The molecule has 0 bridgehead atoms. The second kappa shape index (κ2) is 9.71. The van der Waals surface area contributed by atoms with E-state index in [1.807, 2.05) is 12.1 Å². The van der Waals surface area contributed by atoms with Crippen LogP contribution in [-0.2, 0) is 6.61 Å². The molecule has 0 fully saturated rings. The van der Waals surface area contributed by atoms with Crippen LogP contribution in [0.15, 0.2) is 71.8 Å². The first-order chi connectivity index (χ1) is 14.0. The highest BCUT2D eigenvalue weighted by atomic mass is 35.5. The number of halogens is 2. The van der Waals surface area contributed by atoms with Gasteiger partial charge in [-0.2, -0.15) is 5.10 Å². The van der Waals surface area contributed by atoms with E-state index in [9.17, 15) is 9.18 Å². The van der Waals surface area contributed by atoms with E-state index in [-0.39, 0.29) is 0 Å². The molecule has 0 unspecified atom stereocenters. The third-order valence-electron chi connectivity index (χ3n) is 3.98. The predicted octanol–water partition coefficient (Wildman–Crippen LogP) is 4.83. The van der Waals surface area contributed by atoms with Crippen molar-refractivity contribution in [1.82, 2.24) is 5.43 Å². The van der Waals surface area contributed by atoms with Gasteiger partial charge < -0.3 is 9.47 Å². The summed E-state index contributed by atoms with van der Waals surface area (Å²) in [6.07, 6.45) is 1.48. The van der Waals surface area contributed by atoms with Gasteiger partial charge in [0.05, 0.1) is 13.3 Å². The highest BCUT2D eigenvalue weighted by Gasteiger charge is 2.07.